The Morgan fingerprint density at radius 3 is 2.52 bits per heavy atom. The van der Waals surface area contributed by atoms with E-state index in [1.807, 2.05) is 42.6 Å². The summed E-state index contributed by atoms with van der Waals surface area (Å²) in [5.41, 5.74) is 3.04. The smallest absolute Gasteiger partial charge is 0.224 e. The number of aromatic nitrogens is 1. The van der Waals surface area contributed by atoms with Gasteiger partial charge in [-0.3, -0.25) is 9.78 Å². The van der Waals surface area contributed by atoms with Gasteiger partial charge >= 0.3 is 0 Å². The van der Waals surface area contributed by atoms with Gasteiger partial charge in [0.25, 0.3) is 0 Å². The molecule has 0 aliphatic carbocycles. The summed E-state index contributed by atoms with van der Waals surface area (Å²) in [6, 6.07) is 11.9. The van der Waals surface area contributed by atoms with Crippen LogP contribution in [0.3, 0.4) is 0 Å². The van der Waals surface area contributed by atoms with Crippen LogP contribution in [-0.2, 0) is 4.79 Å². The maximum Gasteiger partial charge on any atom is 0.224 e. The number of unbranched alkanes of at least 4 members (excludes halogenated alkanes) is 1. The molecule has 1 aromatic carbocycles. The van der Waals surface area contributed by atoms with Crippen LogP contribution in [0.25, 0.3) is 11.1 Å². The van der Waals surface area contributed by atoms with E-state index >= 15 is 0 Å². The first-order valence-electron chi connectivity index (χ1n) is 9.34. The Hall–Kier alpha value is -2.20. The second-order valence-electron chi connectivity index (χ2n) is 6.73. The van der Waals surface area contributed by atoms with Gasteiger partial charge in [0.1, 0.15) is 0 Å². The number of carbonyl (C=O) groups excluding carboxylic acids is 1. The maximum absolute atomic E-state index is 12.1. The van der Waals surface area contributed by atoms with Gasteiger partial charge in [-0.15, -0.1) is 0 Å². The zero-order valence-electron chi connectivity index (χ0n) is 14.8. The van der Waals surface area contributed by atoms with Gasteiger partial charge in [0.2, 0.25) is 5.91 Å². The zero-order valence-corrected chi connectivity index (χ0v) is 14.8. The summed E-state index contributed by atoms with van der Waals surface area (Å²) in [5, 5.41) is 2.99. The van der Waals surface area contributed by atoms with E-state index in [1.54, 1.807) is 6.20 Å². The summed E-state index contributed by atoms with van der Waals surface area (Å²) in [5.74, 6) is 0.104. The quantitative estimate of drug-likeness (QED) is 0.764. The average molecular weight is 337 g/mol. The molecule has 2 heterocycles. The topological polar surface area (TPSA) is 45.2 Å². The molecular formula is C21H27N3O. The zero-order chi connectivity index (χ0) is 17.3. The van der Waals surface area contributed by atoms with Crippen molar-refractivity contribution in [2.24, 2.45) is 0 Å². The Morgan fingerprint density at radius 2 is 1.80 bits per heavy atom. The number of amides is 1. The second kappa shape index (κ2) is 9.33. The van der Waals surface area contributed by atoms with Gasteiger partial charge in [0.15, 0.2) is 0 Å². The van der Waals surface area contributed by atoms with E-state index < -0.39 is 0 Å². The predicted octanol–water partition coefficient (Wildman–Crippen LogP) is 4.34. The first kappa shape index (κ1) is 17.6. The number of carbonyl (C=O) groups is 1. The molecule has 4 heteroatoms. The number of pyridine rings is 1. The molecule has 1 aliphatic heterocycles. The van der Waals surface area contributed by atoms with Crippen molar-refractivity contribution in [3.05, 3.63) is 48.8 Å². The van der Waals surface area contributed by atoms with E-state index in [1.165, 1.54) is 32.4 Å². The van der Waals surface area contributed by atoms with Crippen molar-refractivity contribution in [2.75, 3.05) is 25.0 Å². The minimum absolute atomic E-state index is 0.104. The molecule has 0 atom stereocenters. The van der Waals surface area contributed by atoms with E-state index in [-0.39, 0.29) is 5.91 Å². The third-order valence-electron chi connectivity index (χ3n) is 4.74. The lowest BCUT2D eigenvalue weighted by molar-refractivity contribution is -0.116. The largest absolute Gasteiger partial charge is 0.326 e. The highest BCUT2D eigenvalue weighted by Gasteiger charge is 2.09. The molecule has 0 bridgehead atoms. The van der Waals surface area contributed by atoms with Crippen molar-refractivity contribution >= 4 is 11.6 Å². The van der Waals surface area contributed by atoms with Crippen molar-refractivity contribution in [1.29, 1.82) is 0 Å². The molecule has 1 N–H and O–H groups in total. The van der Waals surface area contributed by atoms with Crippen molar-refractivity contribution in [1.82, 2.24) is 9.88 Å². The lowest BCUT2D eigenvalue weighted by Gasteiger charge is -2.26. The SMILES string of the molecule is O=C(CCCCN1CCCCC1)Nc1ccc(-c2cccnc2)cc1. The van der Waals surface area contributed by atoms with Crippen LogP contribution in [0.2, 0.25) is 0 Å². The summed E-state index contributed by atoms with van der Waals surface area (Å²) in [6.45, 7) is 3.60. The molecule has 0 unspecified atom stereocenters. The highest BCUT2D eigenvalue weighted by Crippen LogP contribution is 2.20. The van der Waals surface area contributed by atoms with E-state index in [0.717, 1.165) is 36.2 Å². The van der Waals surface area contributed by atoms with Crippen molar-refractivity contribution in [2.45, 2.75) is 38.5 Å². The number of rotatable bonds is 7. The third kappa shape index (κ3) is 5.68. The van der Waals surface area contributed by atoms with E-state index in [9.17, 15) is 4.79 Å². The van der Waals surface area contributed by atoms with Crippen molar-refractivity contribution in [3.63, 3.8) is 0 Å². The Kier molecular flexibility index (Phi) is 6.57. The fraction of sp³-hybridized carbons (Fsp3) is 0.429. The molecule has 25 heavy (non-hydrogen) atoms. The van der Waals surface area contributed by atoms with Gasteiger partial charge in [0, 0.05) is 24.5 Å². The fourth-order valence-corrected chi connectivity index (χ4v) is 3.31. The minimum atomic E-state index is 0.104. The van der Waals surface area contributed by atoms with Gasteiger partial charge in [-0.1, -0.05) is 24.6 Å². The maximum atomic E-state index is 12.1. The minimum Gasteiger partial charge on any atom is -0.326 e. The number of nitrogens with zero attached hydrogens (tertiary/aromatic N) is 2. The molecule has 1 aromatic heterocycles. The second-order valence-corrected chi connectivity index (χ2v) is 6.73. The molecule has 1 saturated heterocycles. The van der Waals surface area contributed by atoms with E-state index in [2.05, 4.69) is 15.2 Å². The van der Waals surface area contributed by atoms with Crippen LogP contribution in [0.4, 0.5) is 5.69 Å². The van der Waals surface area contributed by atoms with Crippen LogP contribution in [0.5, 0.6) is 0 Å². The summed E-state index contributed by atoms with van der Waals surface area (Å²) >= 11 is 0. The van der Waals surface area contributed by atoms with Gasteiger partial charge < -0.3 is 10.2 Å². The van der Waals surface area contributed by atoms with Gasteiger partial charge in [0.05, 0.1) is 0 Å². The Morgan fingerprint density at radius 1 is 1.00 bits per heavy atom. The first-order valence-corrected chi connectivity index (χ1v) is 9.34. The van der Waals surface area contributed by atoms with Crippen LogP contribution in [0, 0.1) is 0 Å². The molecule has 132 valence electrons. The van der Waals surface area contributed by atoms with Crippen LogP contribution >= 0.6 is 0 Å². The van der Waals surface area contributed by atoms with Gasteiger partial charge in [-0.2, -0.15) is 0 Å². The summed E-state index contributed by atoms with van der Waals surface area (Å²) in [7, 11) is 0. The molecule has 1 fully saturated rings. The molecule has 3 rings (SSSR count). The number of benzene rings is 1. The van der Waals surface area contributed by atoms with E-state index in [0.29, 0.717) is 6.42 Å². The summed E-state index contributed by atoms with van der Waals surface area (Å²) in [6.07, 6.45) is 10.3. The Balaban J connectivity index is 1.39. The van der Waals surface area contributed by atoms with E-state index in [4.69, 9.17) is 0 Å². The lowest BCUT2D eigenvalue weighted by Crippen LogP contribution is -2.30. The predicted molar refractivity (Wildman–Crippen MR) is 102 cm³/mol. The molecule has 0 radical (unpaired) electrons. The fourth-order valence-electron chi connectivity index (χ4n) is 3.31. The average Bonchev–Trinajstić information content (AvgIpc) is 2.67. The number of hydrogen-bond donors (Lipinski definition) is 1. The Bertz CT molecular complexity index is 649. The standard InChI is InChI=1S/C21H27N3O/c25-21(8-2-5-16-24-14-3-1-4-15-24)23-20-11-9-18(10-12-20)19-7-6-13-22-17-19/h6-7,9-13,17H,1-5,8,14-16H2,(H,23,25). The number of anilines is 1. The van der Waals surface area contributed by atoms with Crippen LogP contribution in [-0.4, -0.2) is 35.4 Å². The number of likely N-dealkylation sites (tertiary alicyclic amines) is 1. The van der Waals surface area contributed by atoms with Crippen LogP contribution in [0.1, 0.15) is 38.5 Å². The first-order chi connectivity index (χ1) is 12.3. The van der Waals surface area contributed by atoms with Gasteiger partial charge in [-0.05, 0) is 74.6 Å². The lowest BCUT2D eigenvalue weighted by atomic mass is 10.1. The summed E-state index contributed by atoms with van der Waals surface area (Å²) in [4.78, 5) is 18.7. The number of nitrogens with one attached hydrogen (secondary N) is 1. The molecular weight excluding hydrogens is 310 g/mol. The highest BCUT2D eigenvalue weighted by atomic mass is 16.1. The number of hydrogen-bond acceptors (Lipinski definition) is 3. The van der Waals surface area contributed by atoms with Crippen molar-refractivity contribution < 1.29 is 4.79 Å². The van der Waals surface area contributed by atoms with Crippen LogP contribution in [0.15, 0.2) is 48.8 Å². The van der Waals surface area contributed by atoms with Crippen molar-refractivity contribution in [3.8, 4) is 11.1 Å². The molecule has 0 saturated carbocycles. The molecule has 1 aliphatic rings. The molecule has 1 amide bonds. The summed E-state index contributed by atoms with van der Waals surface area (Å²) < 4.78 is 0. The molecule has 0 spiro atoms. The Labute approximate surface area is 150 Å². The van der Waals surface area contributed by atoms with Crippen LogP contribution < -0.4 is 5.32 Å². The number of piperidine rings is 1. The molecule has 4 nitrogen and oxygen atoms in total. The third-order valence-corrected chi connectivity index (χ3v) is 4.74. The highest BCUT2D eigenvalue weighted by molar-refractivity contribution is 5.90. The molecule has 2 aromatic rings. The normalized spacial score (nSPS) is 15.0. The van der Waals surface area contributed by atoms with Gasteiger partial charge in [-0.25, -0.2) is 0 Å². The monoisotopic (exact) mass is 337 g/mol.